The summed E-state index contributed by atoms with van der Waals surface area (Å²) in [6, 6.07) is 8.77. The molecule has 23 heavy (non-hydrogen) atoms. The predicted octanol–water partition coefficient (Wildman–Crippen LogP) is 7.26. The van der Waals surface area contributed by atoms with Gasteiger partial charge in [-0.25, -0.2) is 0 Å². The van der Waals surface area contributed by atoms with Gasteiger partial charge in [0.25, 0.3) is 0 Å². The molecule has 0 saturated carbocycles. The van der Waals surface area contributed by atoms with E-state index in [0.717, 1.165) is 24.8 Å². The molecule has 2 rings (SSSR count). The Morgan fingerprint density at radius 3 is 2.30 bits per heavy atom. The lowest BCUT2D eigenvalue weighted by molar-refractivity contribution is 0.470. The molecule has 1 aromatic carbocycles. The first-order valence-electron chi connectivity index (χ1n) is 8.63. The Morgan fingerprint density at radius 2 is 1.83 bits per heavy atom. The van der Waals surface area contributed by atoms with Gasteiger partial charge >= 0.3 is 0 Å². The largest absolute Gasteiger partial charge is 0.114 e. The lowest BCUT2D eigenvalue weighted by Crippen LogP contribution is -2.36. The van der Waals surface area contributed by atoms with Crippen LogP contribution in [0.2, 0.25) is 0 Å². The molecule has 0 saturated heterocycles. The normalized spacial score (nSPS) is 25.3. The minimum atomic E-state index is -0.235. The van der Waals surface area contributed by atoms with E-state index in [9.17, 15) is 0 Å². The van der Waals surface area contributed by atoms with Crippen LogP contribution in [0, 0.1) is 5.41 Å². The average Bonchev–Trinajstić information content (AvgIpc) is 2.51. The molecule has 0 aliphatic heterocycles. The zero-order valence-electron chi connectivity index (χ0n) is 15.2. The molecule has 1 aliphatic rings. The SMILES string of the molecule is C=C(C)c1ccc(C2=CCC(Cl)(CC)/C(=C\CC)C2(C)C)cc1. The first-order valence-corrected chi connectivity index (χ1v) is 9.01. The molecule has 0 N–H and O–H groups in total. The molecule has 1 aromatic rings. The van der Waals surface area contributed by atoms with E-state index in [1.807, 2.05) is 6.92 Å². The van der Waals surface area contributed by atoms with E-state index in [2.05, 4.69) is 70.7 Å². The highest BCUT2D eigenvalue weighted by atomic mass is 35.5. The summed E-state index contributed by atoms with van der Waals surface area (Å²) >= 11 is 6.98. The zero-order valence-corrected chi connectivity index (χ0v) is 15.9. The van der Waals surface area contributed by atoms with Gasteiger partial charge in [-0.15, -0.1) is 11.6 Å². The van der Waals surface area contributed by atoms with Gasteiger partial charge in [-0.3, -0.25) is 0 Å². The fourth-order valence-electron chi connectivity index (χ4n) is 3.72. The first-order chi connectivity index (χ1) is 10.8. The molecular weight excluding hydrogens is 300 g/mol. The minimum Gasteiger partial charge on any atom is -0.114 e. The maximum Gasteiger partial charge on any atom is 0.0695 e. The number of hydrogen-bond donors (Lipinski definition) is 0. The van der Waals surface area contributed by atoms with E-state index in [4.69, 9.17) is 11.6 Å². The molecule has 0 spiro atoms. The van der Waals surface area contributed by atoms with Crippen molar-refractivity contribution >= 4 is 22.7 Å². The summed E-state index contributed by atoms with van der Waals surface area (Å²) in [6.45, 7) is 15.1. The highest BCUT2D eigenvalue weighted by Crippen LogP contribution is 2.54. The van der Waals surface area contributed by atoms with Crippen molar-refractivity contribution in [3.63, 3.8) is 0 Å². The van der Waals surface area contributed by atoms with Crippen molar-refractivity contribution in [3.05, 3.63) is 59.7 Å². The fraction of sp³-hybridized carbons (Fsp3) is 0.455. The molecule has 124 valence electrons. The van der Waals surface area contributed by atoms with Gasteiger partial charge in [-0.1, -0.05) is 76.3 Å². The highest BCUT2D eigenvalue weighted by Gasteiger charge is 2.43. The van der Waals surface area contributed by atoms with Gasteiger partial charge in [-0.05, 0) is 48.5 Å². The summed E-state index contributed by atoms with van der Waals surface area (Å²) in [5, 5.41) is 0. The molecule has 1 unspecified atom stereocenters. The minimum absolute atomic E-state index is 0.0449. The van der Waals surface area contributed by atoms with E-state index >= 15 is 0 Å². The Hall–Kier alpha value is -1.27. The van der Waals surface area contributed by atoms with E-state index in [-0.39, 0.29) is 10.3 Å². The standard InChI is InChI=1S/C22H29Cl/c1-7-9-20-21(5,6)19(14-15-22(20,23)8-2)18-12-10-17(11-13-18)16(3)4/h9-14H,3,7-8,15H2,1-2,4-6H3/b20-9-. The molecule has 0 radical (unpaired) electrons. The summed E-state index contributed by atoms with van der Waals surface area (Å²) < 4.78 is 0. The van der Waals surface area contributed by atoms with Gasteiger partial charge in [0.05, 0.1) is 4.87 Å². The van der Waals surface area contributed by atoms with Crippen LogP contribution < -0.4 is 0 Å². The second kappa shape index (κ2) is 6.69. The van der Waals surface area contributed by atoms with E-state index in [1.165, 1.54) is 22.3 Å². The van der Waals surface area contributed by atoms with Crippen molar-refractivity contribution in [2.75, 3.05) is 0 Å². The van der Waals surface area contributed by atoms with Crippen LogP contribution in [0.5, 0.6) is 0 Å². The van der Waals surface area contributed by atoms with Crippen molar-refractivity contribution in [1.82, 2.24) is 0 Å². The second-order valence-corrected chi connectivity index (χ2v) is 7.87. The lowest BCUT2D eigenvalue weighted by Gasteiger charge is -2.44. The Balaban J connectivity index is 2.51. The summed E-state index contributed by atoms with van der Waals surface area (Å²) in [6.07, 6.45) is 7.57. The van der Waals surface area contributed by atoms with Crippen LogP contribution in [0.3, 0.4) is 0 Å². The predicted molar refractivity (Wildman–Crippen MR) is 105 cm³/mol. The highest BCUT2D eigenvalue weighted by molar-refractivity contribution is 6.26. The molecule has 0 nitrogen and oxygen atoms in total. The third-order valence-corrected chi connectivity index (χ3v) is 5.74. The number of benzene rings is 1. The van der Waals surface area contributed by atoms with Gasteiger partial charge in [-0.2, -0.15) is 0 Å². The molecule has 0 fully saturated rings. The quantitative estimate of drug-likeness (QED) is 0.403. The molecule has 0 aromatic heterocycles. The smallest absolute Gasteiger partial charge is 0.0695 e. The van der Waals surface area contributed by atoms with Crippen LogP contribution in [0.15, 0.2) is 48.6 Å². The monoisotopic (exact) mass is 328 g/mol. The maximum atomic E-state index is 6.98. The third-order valence-electron chi connectivity index (χ3n) is 5.12. The average molecular weight is 329 g/mol. The van der Waals surface area contributed by atoms with Crippen molar-refractivity contribution in [3.8, 4) is 0 Å². The first kappa shape index (κ1) is 18.1. The van der Waals surface area contributed by atoms with Gasteiger partial charge in [0.15, 0.2) is 0 Å². The summed E-state index contributed by atoms with van der Waals surface area (Å²) in [5.74, 6) is 0. The van der Waals surface area contributed by atoms with Crippen molar-refractivity contribution < 1.29 is 0 Å². The number of rotatable bonds is 4. The summed E-state index contributed by atoms with van der Waals surface area (Å²) in [7, 11) is 0. The van der Waals surface area contributed by atoms with Crippen LogP contribution in [0.1, 0.15) is 65.0 Å². The maximum absolute atomic E-state index is 6.98. The van der Waals surface area contributed by atoms with Gasteiger partial charge in [0, 0.05) is 5.41 Å². The molecule has 0 amide bonds. The van der Waals surface area contributed by atoms with Gasteiger partial charge in [0.2, 0.25) is 0 Å². The number of hydrogen-bond acceptors (Lipinski definition) is 0. The Labute approximate surface area is 146 Å². The number of alkyl halides is 1. The Kier molecular flexibility index (Phi) is 5.26. The van der Waals surface area contributed by atoms with Crippen LogP contribution >= 0.6 is 11.6 Å². The Bertz CT molecular complexity index is 643. The Morgan fingerprint density at radius 1 is 1.22 bits per heavy atom. The third kappa shape index (κ3) is 3.33. The summed E-state index contributed by atoms with van der Waals surface area (Å²) in [5.41, 5.74) is 6.31. The lowest BCUT2D eigenvalue weighted by atomic mass is 9.64. The molecule has 0 heterocycles. The topological polar surface area (TPSA) is 0 Å². The van der Waals surface area contributed by atoms with Crippen LogP contribution in [-0.4, -0.2) is 4.87 Å². The van der Waals surface area contributed by atoms with E-state index in [0.29, 0.717) is 0 Å². The molecular formula is C22H29Cl. The van der Waals surface area contributed by atoms with Crippen LogP contribution in [-0.2, 0) is 0 Å². The molecule has 0 bridgehead atoms. The van der Waals surface area contributed by atoms with Crippen LogP contribution in [0.25, 0.3) is 11.1 Å². The zero-order chi connectivity index (χ0) is 17.3. The van der Waals surface area contributed by atoms with E-state index < -0.39 is 0 Å². The van der Waals surface area contributed by atoms with E-state index in [1.54, 1.807) is 0 Å². The van der Waals surface area contributed by atoms with Crippen molar-refractivity contribution in [1.29, 1.82) is 0 Å². The van der Waals surface area contributed by atoms with Crippen LogP contribution in [0.4, 0.5) is 0 Å². The number of allylic oxidation sites excluding steroid dienone is 5. The van der Waals surface area contributed by atoms with Crippen molar-refractivity contribution in [2.45, 2.75) is 58.8 Å². The second-order valence-electron chi connectivity index (χ2n) is 7.15. The summed E-state index contributed by atoms with van der Waals surface area (Å²) in [4.78, 5) is -0.235. The molecule has 1 heteroatoms. The molecule has 1 aliphatic carbocycles. The van der Waals surface area contributed by atoms with Crippen molar-refractivity contribution in [2.24, 2.45) is 5.41 Å². The fourth-order valence-corrected chi connectivity index (χ4v) is 4.11. The molecule has 1 atom stereocenters. The van der Waals surface area contributed by atoms with Gasteiger partial charge < -0.3 is 0 Å². The number of halogens is 1. The van der Waals surface area contributed by atoms with Gasteiger partial charge in [0.1, 0.15) is 0 Å².